The van der Waals surface area contributed by atoms with E-state index >= 15 is 0 Å². The SMILES string of the molecule is COC(=O)COc1ccc(/C=C2/C(=O)N(C)C(=S)N2CC(=O)OC)cc1OC. The van der Waals surface area contributed by atoms with Crippen molar-refractivity contribution < 1.29 is 33.3 Å². The molecule has 0 spiro atoms. The van der Waals surface area contributed by atoms with Crippen LogP contribution in [-0.4, -0.2) is 74.3 Å². The molecule has 0 unspecified atom stereocenters. The van der Waals surface area contributed by atoms with Gasteiger partial charge >= 0.3 is 11.9 Å². The van der Waals surface area contributed by atoms with E-state index in [2.05, 4.69) is 9.47 Å². The largest absolute Gasteiger partial charge is 0.493 e. The molecule has 0 saturated carbocycles. The molecule has 0 aliphatic carbocycles. The maximum atomic E-state index is 12.5. The number of esters is 2. The molecule has 1 saturated heterocycles. The smallest absolute Gasteiger partial charge is 0.343 e. The minimum absolute atomic E-state index is 0.186. The molecule has 150 valence electrons. The third kappa shape index (κ3) is 4.58. The first-order valence-corrected chi connectivity index (χ1v) is 8.49. The Labute approximate surface area is 167 Å². The van der Waals surface area contributed by atoms with E-state index in [0.29, 0.717) is 17.1 Å². The van der Waals surface area contributed by atoms with Crippen molar-refractivity contribution in [2.24, 2.45) is 0 Å². The van der Waals surface area contributed by atoms with Crippen molar-refractivity contribution in [2.45, 2.75) is 0 Å². The fraction of sp³-hybridized carbons (Fsp3) is 0.333. The maximum Gasteiger partial charge on any atom is 0.343 e. The Morgan fingerprint density at radius 1 is 1.11 bits per heavy atom. The average Bonchev–Trinajstić information content (AvgIpc) is 2.90. The summed E-state index contributed by atoms with van der Waals surface area (Å²) in [6, 6.07) is 4.90. The van der Waals surface area contributed by atoms with E-state index in [4.69, 9.17) is 21.7 Å². The summed E-state index contributed by atoms with van der Waals surface area (Å²) >= 11 is 5.23. The Morgan fingerprint density at radius 2 is 1.79 bits per heavy atom. The molecular weight excluding hydrogens is 388 g/mol. The van der Waals surface area contributed by atoms with Crippen molar-refractivity contribution in [3.05, 3.63) is 29.5 Å². The molecule has 28 heavy (non-hydrogen) atoms. The number of hydrogen-bond acceptors (Lipinski definition) is 8. The Bertz CT molecular complexity index is 837. The molecule has 0 atom stereocenters. The van der Waals surface area contributed by atoms with Crippen LogP contribution in [0.25, 0.3) is 6.08 Å². The highest BCUT2D eigenvalue weighted by atomic mass is 32.1. The third-order valence-electron chi connectivity index (χ3n) is 3.91. The summed E-state index contributed by atoms with van der Waals surface area (Å²) < 4.78 is 19.8. The van der Waals surface area contributed by atoms with Gasteiger partial charge in [0.1, 0.15) is 12.2 Å². The quantitative estimate of drug-likeness (QED) is 0.369. The lowest BCUT2D eigenvalue weighted by Crippen LogP contribution is -2.33. The second-order valence-electron chi connectivity index (χ2n) is 5.61. The molecule has 1 fully saturated rings. The zero-order valence-corrected chi connectivity index (χ0v) is 16.7. The summed E-state index contributed by atoms with van der Waals surface area (Å²) in [5, 5.41) is 0.201. The number of rotatable bonds is 7. The fourth-order valence-corrected chi connectivity index (χ4v) is 2.64. The van der Waals surface area contributed by atoms with Crippen LogP contribution >= 0.6 is 12.2 Å². The molecular formula is C18H20N2O7S. The standard InChI is InChI=1S/C18H20N2O7S/c1-19-17(23)12(20(18(19)28)9-15(21)25-3)7-11-5-6-13(14(8-11)24-2)27-10-16(22)26-4/h5-8H,9-10H2,1-4H3/b12-7-. The first-order valence-electron chi connectivity index (χ1n) is 8.08. The van der Waals surface area contributed by atoms with E-state index in [1.54, 1.807) is 24.3 Å². The van der Waals surface area contributed by atoms with Crippen LogP contribution in [0.1, 0.15) is 5.56 Å². The number of thiocarbonyl (C=S) groups is 1. The van der Waals surface area contributed by atoms with E-state index in [1.807, 2.05) is 0 Å². The Kier molecular flexibility index (Phi) is 6.94. The molecule has 0 bridgehead atoms. The van der Waals surface area contributed by atoms with Gasteiger partial charge in [0.15, 0.2) is 23.2 Å². The fourth-order valence-electron chi connectivity index (χ4n) is 2.39. The number of benzene rings is 1. The number of ether oxygens (including phenoxy) is 4. The molecule has 1 aromatic carbocycles. The van der Waals surface area contributed by atoms with E-state index in [9.17, 15) is 14.4 Å². The number of amides is 1. The monoisotopic (exact) mass is 408 g/mol. The Balaban J connectivity index is 2.33. The van der Waals surface area contributed by atoms with Crippen molar-refractivity contribution in [3.63, 3.8) is 0 Å². The number of hydrogen-bond donors (Lipinski definition) is 0. The summed E-state index contributed by atoms with van der Waals surface area (Å²) in [5.74, 6) is -0.704. The van der Waals surface area contributed by atoms with E-state index < -0.39 is 11.9 Å². The van der Waals surface area contributed by atoms with Crippen LogP contribution in [0, 0.1) is 0 Å². The topological polar surface area (TPSA) is 94.6 Å². The van der Waals surface area contributed by atoms with Crippen LogP contribution in [0.3, 0.4) is 0 Å². The summed E-state index contributed by atoms with van der Waals surface area (Å²) in [6.45, 7) is -0.452. The lowest BCUT2D eigenvalue weighted by atomic mass is 10.1. The van der Waals surface area contributed by atoms with E-state index in [1.165, 1.54) is 38.2 Å². The molecule has 10 heteroatoms. The van der Waals surface area contributed by atoms with E-state index in [-0.39, 0.29) is 29.9 Å². The molecule has 0 N–H and O–H groups in total. The van der Waals surface area contributed by atoms with Crippen LogP contribution in [0.4, 0.5) is 0 Å². The number of nitrogens with zero attached hydrogens (tertiary/aromatic N) is 2. The molecule has 1 aliphatic heterocycles. The molecule has 0 aromatic heterocycles. The van der Waals surface area contributed by atoms with Gasteiger partial charge in [0.2, 0.25) is 0 Å². The number of carbonyl (C=O) groups is 3. The first-order chi connectivity index (χ1) is 13.3. The van der Waals surface area contributed by atoms with Gasteiger partial charge in [-0.25, -0.2) is 4.79 Å². The average molecular weight is 408 g/mol. The second-order valence-corrected chi connectivity index (χ2v) is 5.98. The van der Waals surface area contributed by atoms with Gasteiger partial charge in [-0.2, -0.15) is 0 Å². The van der Waals surface area contributed by atoms with Crippen molar-refractivity contribution in [2.75, 3.05) is 41.5 Å². The highest BCUT2D eigenvalue weighted by Crippen LogP contribution is 2.30. The van der Waals surface area contributed by atoms with Crippen LogP contribution in [0.2, 0.25) is 0 Å². The molecule has 1 aliphatic rings. The zero-order valence-electron chi connectivity index (χ0n) is 15.9. The molecule has 2 rings (SSSR count). The zero-order chi connectivity index (χ0) is 20.8. The summed E-state index contributed by atoms with van der Waals surface area (Å²) in [4.78, 5) is 38.1. The Morgan fingerprint density at radius 3 is 2.39 bits per heavy atom. The lowest BCUT2D eigenvalue weighted by Gasteiger charge is -2.17. The van der Waals surface area contributed by atoms with Crippen LogP contribution < -0.4 is 9.47 Å². The molecule has 0 radical (unpaired) electrons. The minimum Gasteiger partial charge on any atom is -0.493 e. The van der Waals surface area contributed by atoms with Gasteiger partial charge in [-0.1, -0.05) is 6.07 Å². The van der Waals surface area contributed by atoms with Gasteiger partial charge in [-0.15, -0.1) is 0 Å². The predicted octanol–water partition coefficient (Wildman–Crippen LogP) is 0.820. The van der Waals surface area contributed by atoms with Crippen molar-refractivity contribution in [1.29, 1.82) is 0 Å². The summed E-state index contributed by atoms with van der Waals surface area (Å²) in [5.41, 5.74) is 0.835. The number of methoxy groups -OCH3 is 3. The highest BCUT2D eigenvalue weighted by Gasteiger charge is 2.36. The second kappa shape index (κ2) is 9.18. The van der Waals surface area contributed by atoms with Crippen LogP contribution in [0.5, 0.6) is 11.5 Å². The summed E-state index contributed by atoms with van der Waals surface area (Å²) in [6.07, 6.45) is 1.58. The van der Waals surface area contributed by atoms with Crippen molar-refractivity contribution in [1.82, 2.24) is 9.80 Å². The molecule has 1 amide bonds. The van der Waals surface area contributed by atoms with Crippen molar-refractivity contribution in [3.8, 4) is 11.5 Å². The van der Waals surface area contributed by atoms with Gasteiger partial charge in [-0.3, -0.25) is 14.5 Å². The highest BCUT2D eigenvalue weighted by molar-refractivity contribution is 7.80. The molecule has 1 aromatic rings. The van der Waals surface area contributed by atoms with E-state index in [0.717, 1.165) is 0 Å². The first kappa shape index (κ1) is 21.2. The molecule has 1 heterocycles. The van der Waals surface area contributed by atoms with Crippen molar-refractivity contribution >= 4 is 41.3 Å². The molecule has 9 nitrogen and oxygen atoms in total. The van der Waals surface area contributed by atoms with Gasteiger partial charge in [0, 0.05) is 7.05 Å². The number of likely N-dealkylation sites (N-methyl/N-ethyl adjacent to an activating group) is 1. The maximum absolute atomic E-state index is 12.5. The van der Waals surface area contributed by atoms with Gasteiger partial charge in [0.05, 0.1) is 21.3 Å². The lowest BCUT2D eigenvalue weighted by molar-refractivity contribution is -0.143. The van der Waals surface area contributed by atoms with Gasteiger partial charge < -0.3 is 23.8 Å². The van der Waals surface area contributed by atoms with Crippen LogP contribution in [-0.2, 0) is 23.9 Å². The third-order valence-corrected chi connectivity index (χ3v) is 4.41. The van der Waals surface area contributed by atoms with Gasteiger partial charge in [-0.05, 0) is 36.0 Å². The van der Waals surface area contributed by atoms with Gasteiger partial charge in [0.25, 0.3) is 5.91 Å². The Hall–Kier alpha value is -3.14. The number of carbonyl (C=O) groups excluding carboxylic acids is 3. The van der Waals surface area contributed by atoms with Crippen LogP contribution in [0.15, 0.2) is 23.9 Å². The minimum atomic E-state index is -0.528. The normalized spacial score (nSPS) is 15.1. The predicted molar refractivity (Wildman–Crippen MR) is 103 cm³/mol. The summed E-state index contributed by atoms with van der Waals surface area (Å²) in [7, 11) is 5.50.